The maximum Gasteiger partial charge on any atom is 0.249 e. The van der Waals surface area contributed by atoms with Crippen molar-refractivity contribution in [3.8, 4) is 0 Å². The van der Waals surface area contributed by atoms with Crippen molar-refractivity contribution in [3.05, 3.63) is 42.2 Å². The average Bonchev–Trinajstić information content (AvgIpc) is 2.93. The van der Waals surface area contributed by atoms with Crippen LogP contribution < -0.4 is 5.32 Å². The van der Waals surface area contributed by atoms with Gasteiger partial charge in [-0.2, -0.15) is 0 Å². The molecule has 1 unspecified atom stereocenters. The third kappa shape index (κ3) is 3.63. The van der Waals surface area contributed by atoms with Crippen molar-refractivity contribution in [2.45, 2.75) is 26.3 Å². The fourth-order valence-corrected chi connectivity index (χ4v) is 1.93. The topological polar surface area (TPSA) is 72.7 Å². The first-order valence-electron chi connectivity index (χ1n) is 6.73. The Kier molecular flexibility index (Phi) is 4.81. The molecule has 0 aliphatic carbocycles. The fraction of sp³-hybridized carbons (Fsp3) is 0.429. The summed E-state index contributed by atoms with van der Waals surface area (Å²) in [7, 11) is 0. The van der Waals surface area contributed by atoms with Crippen LogP contribution in [-0.2, 0) is 4.79 Å². The number of hydrogen-bond donors (Lipinski definition) is 1. The van der Waals surface area contributed by atoms with Gasteiger partial charge in [0.15, 0.2) is 6.04 Å². The maximum absolute atomic E-state index is 12.4. The highest BCUT2D eigenvalue weighted by Gasteiger charge is 2.23. The highest BCUT2D eigenvalue weighted by Crippen LogP contribution is 2.16. The van der Waals surface area contributed by atoms with Gasteiger partial charge in [0.1, 0.15) is 6.33 Å². The minimum Gasteiger partial charge on any atom is -0.354 e. The summed E-state index contributed by atoms with van der Waals surface area (Å²) in [6.45, 7) is 4.91. The van der Waals surface area contributed by atoms with Gasteiger partial charge in [-0.05, 0) is 28.3 Å². The first-order valence-corrected chi connectivity index (χ1v) is 6.73. The van der Waals surface area contributed by atoms with Crippen LogP contribution in [0.4, 0.5) is 0 Å². The van der Waals surface area contributed by atoms with Crippen LogP contribution in [-0.4, -0.2) is 32.7 Å². The predicted octanol–water partition coefficient (Wildman–Crippen LogP) is 1.42. The number of benzene rings is 1. The average molecular weight is 273 g/mol. The van der Waals surface area contributed by atoms with E-state index >= 15 is 0 Å². The van der Waals surface area contributed by atoms with Crippen LogP contribution in [0.3, 0.4) is 0 Å². The lowest BCUT2D eigenvalue weighted by atomic mass is 10.1. The van der Waals surface area contributed by atoms with Crippen LogP contribution in [0.25, 0.3) is 0 Å². The Hall–Kier alpha value is -2.24. The molecule has 1 amide bonds. The van der Waals surface area contributed by atoms with Gasteiger partial charge in [-0.25, -0.2) is 4.68 Å². The number of carbonyl (C=O) groups excluding carboxylic acids is 1. The lowest BCUT2D eigenvalue weighted by molar-refractivity contribution is -0.123. The molecule has 0 fully saturated rings. The molecule has 0 radical (unpaired) electrons. The zero-order chi connectivity index (χ0) is 14.4. The van der Waals surface area contributed by atoms with Gasteiger partial charge in [0.05, 0.1) is 0 Å². The molecule has 2 rings (SSSR count). The van der Waals surface area contributed by atoms with Gasteiger partial charge < -0.3 is 5.32 Å². The van der Waals surface area contributed by atoms with Gasteiger partial charge in [0.25, 0.3) is 0 Å². The standard InChI is InChI=1S/C14H19N5O/c1-11(2)8-9-15-14(20)13(19-10-16-17-18-19)12-6-4-3-5-7-12/h3-7,10-11,13H,8-9H2,1-2H3,(H,15,20). The molecule has 0 saturated carbocycles. The lowest BCUT2D eigenvalue weighted by Crippen LogP contribution is -2.34. The number of tetrazole rings is 1. The summed E-state index contributed by atoms with van der Waals surface area (Å²) in [4.78, 5) is 12.4. The van der Waals surface area contributed by atoms with Gasteiger partial charge in [0.2, 0.25) is 5.91 Å². The third-order valence-corrected chi connectivity index (χ3v) is 3.01. The normalized spacial score (nSPS) is 12.3. The largest absolute Gasteiger partial charge is 0.354 e. The van der Waals surface area contributed by atoms with Crippen molar-refractivity contribution < 1.29 is 4.79 Å². The van der Waals surface area contributed by atoms with E-state index in [4.69, 9.17) is 0 Å². The Bertz CT molecular complexity index is 524. The van der Waals surface area contributed by atoms with E-state index in [1.807, 2.05) is 30.3 Å². The first kappa shape index (κ1) is 14.2. The van der Waals surface area contributed by atoms with Crippen LogP contribution in [0, 0.1) is 5.92 Å². The van der Waals surface area contributed by atoms with Crippen molar-refractivity contribution in [1.82, 2.24) is 25.5 Å². The Morgan fingerprint density at radius 1 is 1.30 bits per heavy atom. The summed E-state index contributed by atoms with van der Waals surface area (Å²) < 4.78 is 1.47. The van der Waals surface area contributed by atoms with Crippen LogP contribution in [0.5, 0.6) is 0 Å². The predicted molar refractivity (Wildman–Crippen MR) is 74.9 cm³/mol. The second-order valence-corrected chi connectivity index (χ2v) is 5.08. The van der Waals surface area contributed by atoms with E-state index in [1.54, 1.807) is 0 Å². The summed E-state index contributed by atoms with van der Waals surface area (Å²) in [6, 6.07) is 8.97. The van der Waals surface area contributed by atoms with E-state index in [0.29, 0.717) is 12.5 Å². The molecule has 1 aromatic heterocycles. The third-order valence-electron chi connectivity index (χ3n) is 3.01. The number of nitrogens with zero attached hydrogens (tertiary/aromatic N) is 4. The molecule has 1 N–H and O–H groups in total. The van der Waals surface area contributed by atoms with Crippen molar-refractivity contribution >= 4 is 5.91 Å². The van der Waals surface area contributed by atoms with Crippen LogP contribution >= 0.6 is 0 Å². The van der Waals surface area contributed by atoms with E-state index in [2.05, 4.69) is 34.7 Å². The molecule has 20 heavy (non-hydrogen) atoms. The monoisotopic (exact) mass is 273 g/mol. The molecule has 6 nitrogen and oxygen atoms in total. The van der Waals surface area contributed by atoms with Gasteiger partial charge in [-0.3, -0.25) is 4.79 Å². The number of carbonyl (C=O) groups is 1. The Balaban J connectivity index is 2.13. The molecule has 0 saturated heterocycles. The first-order chi connectivity index (χ1) is 9.68. The quantitative estimate of drug-likeness (QED) is 0.864. The molecular formula is C14H19N5O. The van der Waals surface area contributed by atoms with Gasteiger partial charge >= 0.3 is 0 Å². The number of rotatable bonds is 6. The van der Waals surface area contributed by atoms with Crippen molar-refractivity contribution in [1.29, 1.82) is 0 Å². The highest BCUT2D eigenvalue weighted by molar-refractivity contribution is 5.83. The smallest absolute Gasteiger partial charge is 0.249 e. The lowest BCUT2D eigenvalue weighted by Gasteiger charge is -2.17. The van der Waals surface area contributed by atoms with Crippen molar-refractivity contribution in [2.75, 3.05) is 6.54 Å². The number of nitrogens with one attached hydrogen (secondary N) is 1. The second kappa shape index (κ2) is 6.79. The van der Waals surface area contributed by atoms with Gasteiger partial charge in [-0.1, -0.05) is 44.2 Å². The summed E-state index contributed by atoms with van der Waals surface area (Å²) >= 11 is 0. The number of amides is 1. The molecule has 6 heteroatoms. The van der Waals surface area contributed by atoms with Crippen LogP contribution in [0.15, 0.2) is 36.7 Å². The summed E-state index contributed by atoms with van der Waals surface area (Å²) in [5, 5.41) is 14.0. The highest BCUT2D eigenvalue weighted by atomic mass is 16.2. The second-order valence-electron chi connectivity index (χ2n) is 5.08. The zero-order valence-electron chi connectivity index (χ0n) is 11.7. The molecule has 0 bridgehead atoms. The minimum atomic E-state index is -0.529. The fourth-order valence-electron chi connectivity index (χ4n) is 1.93. The summed E-state index contributed by atoms with van der Waals surface area (Å²) in [5.41, 5.74) is 0.863. The maximum atomic E-state index is 12.4. The van der Waals surface area contributed by atoms with E-state index in [9.17, 15) is 4.79 Å². The Morgan fingerprint density at radius 3 is 2.65 bits per heavy atom. The molecule has 0 spiro atoms. The van der Waals surface area contributed by atoms with Crippen molar-refractivity contribution in [3.63, 3.8) is 0 Å². The van der Waals surface area contributed by atoms with E-state index < -0.39 is 6.04 Å². The summed E-state index contributed by atoms with van der Waals surface area (Å²) in [5.74, 6) is 0.461. The van der Waals surface area contributed by atoms with Crippen molar-refractivity contribution in [2.24, 2.45) is 5.92 Å². The van der Waals surface area contributed by atoms with Crippen LogP contribution in [0.1, 0.15) is 31.9 Å². The van der Waals surface area contributed by atoms with Gasteiger partial charge in [-0.15, -0.1) is 5.10 Å². The number of aromatic nitrogens is 4. The molecule has 0 aliphatic heterocycles. The summed E-state index contributed by atoms with van der Waals surface area (Å²) in [6.07, 6.45) is 2.41. The van der Waals surface area contributed by atoms with E-state index in [0.717, 1.165) is 12.0 Å². The van der Waals surface area contributed by atoms with E-state index in [1.165, 1.54) is 11.0 Å². The zero-order valence-corrected chi connectivity index (χ0v) is 11.7. The Labute approximate surface area is 118 Å². The van der Waals surface area contributed by atoms with Crippen LogP contribution in [0.2, 0.25) is 0 Å². The molecule has 2 aromatic rings. The van der Waals surface area contributed by atoms with E-state index in [-0.39, 0.29) is 5.91 Å². The SMILES string of the molecule is CC(C)CCNC(=O)C(c1ccccc1)n1cnnn1. The molecule has 106 valence electrons. The molecular weight excluding hydrogens is 254 g/mol. The Morgan fingerprint density at radius 2 is 2.05 bits per heavy atom. The molecule has 1 heterocycles. The molecule has 1 aromatic carbocycles. The molecule has 1 atom stereocenters. The molecule has 0 aliphatic rings. The number of hydrogen-bond acceptors (Lipinski definition) is 4. The van der Waals surface area contributed by atoms with Gasteiger partial charge in [0, 0.05) is 6.54 Å². The minimum absolute atomic E-state index is 0.0934.